The monoisotopic (exact) mass is 284 g/mol. The number of halogens is 3. The molecule has 0 bridgehead atoms. The number of nitrogens with one attached hydrogen (secondary N) is 1. The zero-order valence-electron chi connectivity index (χ0n) is 9.77. The van der Waals surface area contributed by atoms with Gasteiger partial charge in [-0.15, -0.1) is 0 Å². The minimum absolute atomic E-state index is 0.00865. The van der Waals surface area contributed by atoms with Crippen molar-refractivity contribution in [3.05, 3.63) is 52.7 Å². The van der Waals surface area contributed by atoms with Gasteiger partial charge in [0.05, 0.1) is 5.56 Å². The lowest BCUT2D eigenvalue weighted by molar-refractivity contribution is -0.155. The van der Waals surface area contributed by atoms with Crippen LogP contribution in [0, 0.1) is 0 Å². The van der Waals surface area contributed by atoms with Crippen LogP contribution in [0.5, 0.6) is 0 Å². The van der Waals surface area contributed by atoms with E-state index in [0.29, 0.717) is 12.4 Å². The molecule has 8 heteroatoms. The number of amides is 1. The minimum atomic E-state index is -4.67. The van der Waals surface area contributed by atoms with Crippen molar-refractivity contribution >= 4 is 12.2 Å². The molecular weight excluding hydrogens is 277 g/mol. The van der Waals surface area contributed by atoms with Crippen LogP contribution in [0.15, 0.2) is 39.8 Å². The maximum atomic E-state index is 12.3. The highest BCUT2D eigenvalue weighted by Crippen LogP contribution is 2.27. The van der Waals surface area contributed by atoms with E-state index in [9.17, 15) is 22.8 Å². The number of H-pyrrole nitrogens is 1. The SMILES string of the molecule is O=Cc1ccccc1C(=O)N=c1cc(C(F)(F)F)o[nH]1. The molecule has 2 rings (SSSR count). The number of carbonyl (C=O) groups is 2. The van der Waals surface area contributed by atoms with Gasteiger partial charge in [0.25, 0.3) is 5.91 Å². The summed E-state index contributed by atoms with van der Waals surface area (Å²) in [5.41, 5.74) is -0.297. The van der Waals surface area contributed by atoms with E-state index >= 15 is 0 Å². The predicted molar refractivity (Wildman–Crippen MR) is 59.8 cm³/mol. The molecule has 1 aromatic heterocycles. The van der Waals surface area contributed by atoms with Gasteiger partial charge in [0.15, 0.2) is 11.8 Å². The Balaban J connectivity index is 2.38. The van der Waals surface area contributed by atoms with Crippen LogP contribution >= 0.6 is 0 Å². The molecule has 2 aromatic rings. The van der Waals surface area contributed by atoms with Crippen molar-refractivity contribution in [2.75, 3.05) is 0 Å². The van der Waals surface area contributed by atoms with Crippen LogP contribution in [-0.2, 0) is 6.18 Å². The summed E-state index contributed by atoms with van der Waals surface area (Å²) in [5, 5.41) is 1.88. The number of hydrogen-bond acceptors (Lipinski definition) is 3. The average Bonchev–Trinajstić information content (AvgIpc) is 2.87. The fourth-order valence-corrected chi connectivity index (χ4v) is 1.45. The summed E-state index contributed by atoms with van der Waals surface area (Å²) in [7, 11) is 0. The Morgan fingerprint density at radius 3 is 2.60 bits per heavy atom. The molecule has 0 atom stereocenters. The van der Waals surface area contributed by atoms with E-state index in [4.69, 9.17) is 0 Å². The Bertz CT molecular complexity index is 713. The smallest absolute Gasteiger partial charge is 0.375 e. The van der Waals surface area contributed by atoms with E-state index in [1.165, 1.54) is 18.2 Å². The first-order chi connectivity index (χ1) is 9.41. The van der Waals surface area contributed by atoms with Crippen molar-refractivity contribution in [3.8, 4) is 0 Å². The Labute approximate surface area is 109 Å². The van der Waals surface area contributed by atoms with Crippen LogP contribution in [-0.4, -0.2) is 17.4 Å². The van der Waals surface area contributed by atoms with Crippen molar-refractivity contribution in [1.82, 2.24) is 5.16 Å². The maximum Gasteiger partial charge on any atom is 0.452 e. The molecule has 0 aliphatic carbocycles. The second-order valence-electron chi connectivity index (χ2n) is 3.72. The fraction of sp³-hybridized carbons (Fsp3) is 0.0833. The number of rotatable bonds is 2. The molecule has 0 fully saturated rings. The summed E-state index contributed by atoms with van der Waals surface area (Å²) >= 11 is 0. The quantitative estimate of drug-likeness (QED) is 0.859. The molecule has 0 radical (unpaired) electrons. The van der Waals surface area contributed by atoms with Crippen molar-refractivity contribution in [2.24, 2.45) is 4.99 Å². The molecular formula is C12H7F3N2O3. The third kappa shape index (κ3) is 2.85. The largest absolute Gasteiger partial charge is 0.452 e. The number of aldehydes is 1. The first-order valence-corrected chi connectivity index (χ1v) is 5.31. The van der Waals surface area contributed by atoms with Crippen molar-refractivity contribution in [3.63, 3.8) is 0 Å². The third-order valence-electron chi connectivity index (χ3n) is 2.35. The van der Waals surface area contributed by atoms with Gasteiger partial charge in [-0.25, -0.2) is 5.16 Å². The number of benzene rings is 1. The van der Waals surface area contributed by atoms with E-state index in [0.717, 1.165) is 0 Å². The molecule has 0 unspecified atom stereocenters. The second kappa shape index (κ2) is 5.16. The standard InChI is InChI=1S/C12H7F3N2O3/c13-12(14,15)9-5-10(17-20-9)16-11(19)8-4-2-1-3-7(8)6-18/h1-6H,(H,16,17,19). The Morgan fingerprint density at radius 2 is 2.00 bits per heavy atom. The van der Waals surface area contributed by atoms with Gasteiger partial charge in [-0.3, -0.25) is 9.59 Å². The zero-order valence-corrected chi connectivity index (χ0v) is 9.77. The number of nitrogens with zero attached hydrogens (tertiary/aromatic N) is 1. The Hall–Kier alpha value is -2.64. The van der Waals surface area contributed by atoms with Crippen LogP contribution in [0.1, 0.15) is 26.5 Å². The number of alkyl halides is 3. The van der Waals surface area contributed by atoms with Gasteiger partial charge in [0.2, 0.25) is 5.76 Å². The van der Waals surface area contributed by atoms with E-state index in [2.05, 4.69) is 9.52 Å². The highest BCUT2D eigenvalue weighted by molar-refractivity contribution is 6.01. The van der Waals surface area contributed by atoms with Crippen LogP contribution in [0.2, 0.25) is 0 Å². The van der Waals surface area contributed by atoms with Crippen LogP contribution in [0.25, 0.3) is 0 Å². The van der Waals surface area contributed by atoms with Gasteiger partial charge in [0.1, 0.15) is 0 Å². The highest BCUT2D eigenvalue weighted by atomic mass is 19.4. The fourth-order valence-electron chi connectivity index (χ4n) is 1.45. The number of carbonyl (C=O) groups excluding carboxylic acids is 2. The highest BCUT2D eigenvalue weighted by Gasteiger charge is 2.35. The molecule has 0 aliphatic rings. The molecule has 104 valence electrons. The first kappa shape index (κ1) is 13.8. The molecule has 20 heavy (non-hydrogen) atoms. The summed E-state index contributed by atoms with van der Waals surface area (Å²) in [4.78, 5) is 26.0. The third-order valence-corrected chi connectivity index (χ3v) is 2.35. The lowest BCUT2D eigenvalue weighted by atomic mass is 10.1. The minimum Gasteiger partial charge on any atom is -0.375 e. The van der Waals surface area contributed by atoms with Crippen LogP contribution in [0.3, 0.4) is 0 Å². The van der Waals surface area contributed by atoms with Gasteiger partial charge >= 0.3 is 6.18 Å². The summed E-state index contributed by atoms with van der Waals surface area (Å²) < 4.78 is 41.0. The molecule has 1 heterocycles. The molecule has 1 amide bonds. The van der Waals surface area contributed by atoms with E-state index < -0.39 is 17.8 Å². The lowest BCUT2D eigenvalue weighted by Gasteiger charge is -1.97. The summed E-state index contributed by atoms with van der Waals surface area (Å²) in [6.45, 7) is 0. The van der Waals surface area contributed by atoms with E-state index in [1.807, 2.05) is 5.16 Å². The van der Waals surface area contributed by atoms with Gasteiger partial charge < -0.3 is 4.52 Å². The van der Waals surface area contributed by atoms with Gasteiger partial charge in [0, 0.05) is 11.6 Å². The second-order valence-corrected chi connectivity index (χ2v) is 3.72. The van der Waals surface area contributed by atoms with Gasteiger partial charge in [-0.05, 0) is 6.07 Å². The Morgan fingerprint density at radius 1 is 1.30 bits per heavy atom. The molecule has 0 saturated heterocycles. The summed E-state index contributed by atoms with van der Waals surface area (Å²) in [5.74, 6) is -2.15. The first-order valence-electron chi connectivity index (χ1n) is 5.31. The van der Waals surface area contributed by atoms with E-state index in [-0.39, 0.29) is 16.6 Å². The molecule has 0 aliphatic heterocycles. The number of aromatic nitrogens is 1. The molecule has 0 saturated carbocycles. The molecule has 1 aromatic carbocycles. The number of aromatic amines is 1. The number of hydrogen-bond donors (Lipinski definition) is 1. The van der Waals surface area contributed by atoms with E-state index in [1.54, 1.807) is 6.07 Å². The molecule has 5 nitrogen and oxygen atoms in total. The Kier molecular flexibility index (Phi) is 3.55. The summed E-state index contributed by atoms with van der Waals surface area (Å²) in [6, 6.07) is 6.36. The zero-order chi connectivity index (χ0) is 14.8. The van der Waals surface area contributed by atoms with Crippen molar-refractivity contribution in [2.45, 2.75) is 6.18 Å². The van der Waals surface area contributed by atoms with Crippen LogP contribution < -0.4 is 5.49 Å². The molecule has 0 spiro atoms. The summed E-state index contributed by atoms with van der Waals surface area (Å²) in [6.07, 6.45) is -4.21. The van der Waals surface area contributed by atoms with Crippen LogP contribution in [0.4, 0.5) is 13.2 Å². The lowest BCUT2D eigenvalue weighted by Crippen LogP contribution is -2.09. The normalized spacial score (nSPS) is 12.4. The topological polar surface area (TPSA) is 75.4 Å². The average molecular weight is 284 g/mol. The van der Waals surface area contributed by atoms with Crippen molar-refractivity contribution < 1.29 is 27.3 Å². The predicted octanol–water partition coefficient (Wildman–Crippen LogP) is 2.18. The molecule has 1 N–H and O–H groups in total. The van der Waals surface area contributed by atoms with Gasteiger partial charge in [-0.2, -0.15) is 18.2 Å². The van der Waals surface area contributed by atoms with Gasteiger partial charge in [-0.1, -0.05) is 18.2 Å². The maximum absolute atomic E-state index is 12.3. The van der Waals surface area contributed by atoms with Crippen molar-refractivity contribution in [1.29, 1.82) is 0 Å².